The van der Waals surface area contributed by atoms with Crippen molar-refractivity contribution in [1.82, 2.24) is 0 Å². The van der Waals surface area contributed by atoms with Gasteiger partial charge in [0, 0.05) is 15.9 Å². The molecule has 0 aliphatic heterocycles. The van der Waals surface area contributed by atoms with Gasteiger partial charge in [-0.25, -0.2) is 0 Å². The van der Waals surface area contributed by atoms with Crippen LogP contribution >= 0.6 is 33.2 Å². The number of hydrogen-bond acceptors (Lipinski definition) is 2. The van der Waals surface area contributed by atoms with E-state index in [2.05, 4.69) is 27.7 Å². The monoisotopic (exact) mass is 212 g/mol. The molecule has 0 nitrogen and oxygen atoms in total. The highest BCUT2D eigenvalue weighted by Crippen LogP contribution is 2.39. The molecule has 0 spiro atoms. The van der Waals surface area contributed by atoms with Crippen molar-refractivity contribution in [2.24, 2.45) is 0 Å². The highest BCUT2D eigenvalue weighted by Gasteiger charge is 2.14. The fourth-order valence-electron chi connectivity index (χ4n) is 0.415. The Balaban J connectivity index is 3.51. The quantitative estimate of drug-likeness (QED) is 0.507. The van der Waals surface area contributed by atoms with E-state index >= 15 is 0 Å². The minimum Gasteiger partial charge on any atom is -0.125 e. The molecular formula is C8H17ClS2. The molecular weight excluding hydrogens is 196 g/mol. The zero-order valence-corrected chi connectivity index (χ0v) is 10.1. The largest absolute Gasteiger partial charge is 0.125 e. The molecule has 0 amide bonds. The Morgan fingerprint density at radius 2 is 1.91 bits per heavy atom. The summed E-state index contributed by atoms with van der Waals surface area (Å²) in [5, 5.41) is 0.612. The summed E-state index contributed by atoms with van der Waals surface area (Å²) in [6.07, 6.45) is 1.16. The van der Waals surface area contributed by atoms with Crippen LogP contribution in [0.15, 0.2) is 0 Å². The van der Waals surface area contributed by atoms with Crippen molar-refractivity contribution in [3.63, 3.8) is 0 Å². The normalized spacial score (nSPS) is 15.0. The first-order valence-corrected chi connectivity index (χ1v) is 6.64. The molecule has 0 heterocycles. The third kappa shape index (κ3) is 7.35. The summed E-state index contributed by atoms with van der Waals surface area (Å²) in [6.45, 7) is 8.87. The van der Waals surface area contributed by atoms with Crippen LogP contribution in [0.5, 0.6) is 0 Å². The summed E-state index contributed by atoms with van der Waals surface area (Å²) in [6, 6.07) is 0. The topological polar surface area (TPSA) is 0 Å². The van der Waals surface area contributed by atoms with Gasteiger partial charge >= 0.3 is 0 Å². The average molecular weight is 213 g/mol. The average Bonchev–Trinajstić information content (AvgIpc) is 1.88. The van der Waals surface area contributed by atoms with E-state index in [1.807, 2.05) is 21.6 Å². The number of alkyl halides is 1. The minimum atomic E-state index is 0.351. The number of rotatable bonds is 4. The Bertz CT molecular complexity index is 94.8. The molecule has 1 atom stereocenters. The molecule has 11 heavy (non-hydrogen) atoms. The molecule has 0 unspecified atom stereocenters. The second-order valence-corrected chi connectivity index (χ2v) is 7.11. The van der Waals surface area contributed by atoms with Gasteiger partial charge in [0.1, 0.15) is 0 Å². The number of hydrogen-bond donors (Lipinski definition) is 0. The summed E-state index contributed by atoms with van der Waals surface area (Å²) < 4.78 is 0.351. The van der Waals surface area contributed by atoms with E-state index in [0.29, 0.717) is 10.00 Å². The van der Waals surface area contributed by atoms with Gasteiger partial charge in [0.2, 0.25) is 0 Å². The van der Waals surface area contributed by atoms with Gasteiger partial charge in [-0.2, -0.15) is 0 Å². The van der Waals surface area contributed by atoms with Gasteiger partial charge < -0.3 is 0 Å². The van der Waals surface area contributed by atoms with Gasteiger partial charge in [-0.3, -0.25) is 0 Å². The lowest BCUT2D eigenvalue weighted by Crippen LogP contribution is -2.08. The van der Waals surface area contributed by atoms with Gasteiger partial charge in [0.05, 0.1) is 0 Å². The molecule has 0 N–H and O–H groups in total. The second-order valence-electron chi connectivity index (χ2n) is 3.48. The summed E-state index contributed by atoms with van der Waals surface area (Å²) in [7, 11) is 3.84. The summed E-state index contributed by atoms with van der Waals surface area (Å²) in [5.41, 5.74) is 0. The molecule has 0 saturated heterocycles. The van der Waals surface area contributed by atoms with Crippen LogP contribution in [-0.4, -0.2) is 15.9 Å². The summed E-state index contributed by atoms with van der Waals surface area (Å²) in [4.78, 5) is 0. The van der Waals surface area contributed by atoms with Crippen LogP contribution in [0.25, 0.3) is 0 Å². The van der Waals surface area contributed by atoms with Crippen molar-refractivity contribution in [1.29, 1.82) is 0 Å². The summed E-state index contributed by atoms with van der Waals surface area (Å²) in [5.74, 6) is 0.768. The highest BCUT2D eigenvalue weighted by molar-refractivity contribution is 8.77. The zero-order chi connectivity index (χ0) is 8.91. The van der Waals surface area contributed by atoms with Gasteiger partial charge in [-0.1, -0.05) is 49.3 Å². The first kappa shape index (κ1) is 12.0. The molecule has 0 aromatic heterocycles. The molecule has 0 aromatic rings. The zero-order valence-electron chi connectivity index (χ0n) is 7.69. The van der Waals surface area contributed by atoms with E-state index in [1.54, 1.807) is 0 Å². The molecule has 0 saturated carbocycles. The Hall–Kier alpha value is 0.990. The van der Waals surface area contributed by atoms with Gasteiger partial charge in [-0.15, -0.1) is 11.6 Å². The molecule has 68 valence electrons. The van der Waals surface area contributed by atoms with Crippen molar-refractivity contribution in [3.8, 4) is 0 Å². The molecule has 0 rings (SSSR count). The van der Waals surface area contributed by atoms with Crippen molar-refractivity contribution in [2.45, 2.75) is 44.1 Å². The van der Waals surface area contributed by atoms with Crippen LogP contribution in [0.2, 0.25) is 0 Å². The lowest BCUT2D eigenvalue weighted by atomic mass is 10.3. The maximum Gasteiger partial charge on any atom is 0.0350 e. The molecule has 3 heteroatoms. The van der Waals surface area contributed by atoms with E-state index in [1.165, 1.54) is 0 Å². The van der Waals surface area contributed by atoms with E-state index < -0.39 is 0 Å². The van der Waals surface area contributed by atoms with Crippen LogP contribution in [0.3, 0.4) is 0 Å². The van der Waals surface area contributed by atoms with Crippen LogP contribution in [0.4, 0.5) is 0 Å². The van der Waals surface area contributed by atoms with Crippen LogP contribution in [0, 0.1) is 0 Å². The predicted molar refractivity (Wildman–Crippen MR) is 59.7 cm³/mol. The fourth-order valence-corrected chi connectivity index (χ4v) is 3.55. The van der Waals surface area contributed by atoms with E-state index in [-0.39, 0.29) is 0 Å². The Morgan fingerprint density at radius 3 is 2.18 bits per heavy atom. The van der Waals surface area contributed by atoms with Gasteiger partial charge in [0.25, 0.3) is 0 Å². The van der Waals surface area contributed by atoms with Crippen LogP contribution in [0.1, 0.15) is 34.1 Å². The lowest BCUT2D eigenvalue weighted by molar-refractivity contribution is 0.810. The highest BCUT2D eigenvalue weighted by atomic mass is 35.5. The SMILES string of the molecule is CC[C@@H](CCl)SSC(C)(C)C. The first-order valence-electron chi connectivity index (χ1n) is 3.90. The van der Waals surface area contributed by atoms with E-state index in [4.69, 9.17) is 11.6 Å². The summed E-state index contributed by atoms with van der Waals surface area (Å²) >= 11 is 5.76. The van der Waals surface area contributed by atoms with Crippen molar-refractivity contribution >= 4 is 33.2 Å². The minimum absolute atomic E-state index is 0.351. The Kier molecular flexibility index (Phi) is 6.11. The van der Waals surface area contributed by atoms with Crippen molar-refractivity contribution in [2.75, 3.05) is 5.88 Å². The second kappa shape index (κ2) is 5.60. The van der Waals surface area contributed by atoms with Crippen molar-refractivity contribution in [3.05, 3.63) is 0 Å². The maximum absolute atomic E-state index is 5.76. The van der Waals surface area contributed by atoms with E-state index in [0.717, 1.165) is 12.3 Å². The maximum atomic E-state index is 5.76. The number of halogens is 1. The molecule has 0 aliphatic carbocycles. The Morgan fingerprint density at radius 1 is 1.36 bits per heavy atom. The Labute approximate surface area is 83.2 Å². The van der Waals surface area contributed by atoms with Crippen LogP contribution < -0.4 is 0 Å². The van der Waals surface area contributed by atoms with E-state index in [9.17, 15) is 0 Å². The smallest absolute Gasteiger partial charge is 0.0350 e. The fraction of sp³-hybridized carbons (Fsp3) is 1.00. The molecule has 0 aromatic carbocycles. The lowest BCUT2D eigenvalue weighted by Gasteiger charge is -2.19. The predicted octanol–water partition coefficient (Wildman–Crippen LogP) is 4.18. The third-order valence-electron chi connectivity index (χ3n) is 1.06. The van der Waals surface area contributed by atoms with Crippen molar-refractivity contribution < 1.29 is 0 Å². The molecule has 0 aliphatic rings. The first-order chi connectivity index (χ1) is 4.99. The molecule has 0 bridgehead atoms. The molecule has 0 radical (unpaired) electrons. The van der Waals surface area contributed by atoms with Crippen LogP contribution in [-0.2, 0) is 0 Å². The van der Waals surface area contributed by atoms with Gasteiger partial charge in [0.15, 0.2) is 0 Å². The third-order valence-corrected chi connectivity index (χ3v) is 5.59. The van der Waals surface area contributed by atoms with Gasteiger partial charge in [-0.05, 0) is 6.42 Å². The standard InChI is InChI=1S/C8H17ClS2/c1-5-7(6-9)10-11-8(2,3)4/h7H,5-6H2,1-4H3/t7-/m0/s1. The molecule has 0 fully saturated rings.